The van der Waals surface area contributed by atoms with Crippen molar-refractivity contribution in [3.8, 4) is 11.1 Å². The molecule has 0 bridgehead atoms. The fourth-order valence-corrected chi connectivity index (χ4v) is 3.59. The fraction of sp³-hybridized carbons (Fsp3) is 0.188. The molecular formula is C16H14O2S. The van der Waals surface area contributed by atoms with Gasteiger partial charge in [0.2, 0.25) is 0 Å². The van der Waals surface area contributed by atoms with Crippen LogP contribution in [0.15, 0.2) is 35.7 Å². The number of hydrogen-bond donors (Lipinski definition) is 0. The molecule has 0 saturated heterocycles. The molecule has 0 radical (unpaired) electrons. The van der Waals surface area contributed by atoms with Gasteiger partial charge in [0.25, 0.3) is 0 Å². The van der Waals surface area contributed by atoms with E-state index in [0.29, 0.717) is 5.56 Å². The standard InChI is InChI=1S/C16H14O2S/c1-3-13-14-10-7-5-4-6-8-11(10)15(16(17)18-2)12(14)9-19-13/h4-9H,3H2,1-2H3. The molecule has 0 atom stereocenters. The number of carbonyl (C=O) groups is 1. The average molecular weight is 270 g/mol. The first-order valence-corrected chi connectivity index (χ1v) is 7.15. The molecular weight excluding hydrogens is 256 g/mol. The summed E-state index contributed by atoms with van der Waals surface area (Å²) in [7, 11) is 1.43. The first-order valence-electron chi connectivity index (χ1n) is 6.27. The first kappa shape index (κ1) is 12.2. The van der Waals surface area contributed by atoms with Crippen LogP contribution in [-0.2, 0) is 11.2 Å². The van der Waals surface area contributed by atoms with Gasteiger partial charge in [-0.2, -0.15) is 0 Å². The Kier molecular flexibility index (Phi) is 2.99. The predicted molar refractivity (Wildman–Crippen MR) is 79.2 cm³/mol. The highest BCUT2D eigenvalue weighted by atomic mass is 32.1. The Bertz CT molecular complexity index is 727. The maximum Gasteiger partial charge on any atom is 0.339 e. The van der Waals surface area contributed by atoms with E-state index in [9.17, 15) is 4.79 Å². The van der Waals surface area contributed by atoms with Crippen molar-refractivity contribution in [1.82, 2.24) is 0 Å². The van der Waals surface area contributed by atoms with Crippen LogP contribution in [0.2, 0.25) is 0 Å². The van der Waals surface area contributed by atoms with Crippen molar-refractivity contribution in [2.24, 2.45) is 0 Å². The minimum atomic E-state index is -0.258. The second kappa shape index (κ2) is 4.67. The number of methoxy groups -OCH3 is 1. The third-order valence-electron chi connectivity index (χ3n) is 3.42. The lowest BCUT2D eigenvalue weighted by atomic mass is 10.1. The van der Waals surface area contributed by atoms with E-state index >= 15 is 0 Å². The quantitative estimate of drug-likeness (QED) is 0.647. The van der Waals surface area contributed by atoms with Gasteiger partial charge in [-0.25, -0.2) is 4.79 Å². The van der Waals surface area contributed by atoms with Gasteiger partial charge in [0.05, 0.1) is 12.7 Å². The number of ether oxygens (including phenoxy) is 1. The second-order valence-electron chi connectivity index (χ2n) is 4.41. The lowest BCUT2D eigenvalue weighted by Gasteiger charge is -2.00. The number of aryl methyl sites for hydroxylation is 1. The molecule has 0 aliphatic heterocycles. The van der Waals surface area contributed by atoms with E-state index < -0.39 is 0 Å². The van der Waals surface area contributed by atoms with Crippen molar-refractivity contribution in [1.29, 1.82) is 0 Å². The fourth-order valence-electron chi connectivity index (χ4n) is 2.59. The Morgan fingerprint density at radius 1 is 1.21 bits per heavy atom. The van der Waals surface area contributed by atoms with E-state index in [0.717, 1.165) is 22.9 Å². The van der Waals surface area contributed by atoms with Crippen LogP contribution >= 0.6 is 11.3 Å². The molecule has 19 heavy (non-hydrogen) atoms. The molecule has 0 N–H and O–H groups in total. The van der Waals surface area contributed by atoms with Crippen LogP contribution in [0.25, 0.3) is 21.9 Å². The van der Waals surface area contributed by atoms with Crippen molar-refractivity contribution in [3.63, 3.8) is 0 Å². The van der Waals surface area contributed by atoms with Gasteiger partial charge in [0, 0.05) is 15.6 Å². The second-order valence-corrected chi connectivity index (χ2v) is 5.37. The molecule has 0 spiro atoms. The van der Waals surface area contributed by atoms with Crippen LogP contribution in [0.5, 0.6) is 0 Å². The maximum absolute atomic E-state index is 12.1. The molecule has 2 aliphatic rings. The monoisotopic (exact) mass is 270 g/mol. The van der Waals surface area contributed by atoms with Gasteiger partial charge >= 0.3 is 5.97 Å². The van der Waals surface area contributed by atoms with Crippen LogP contribution in [0.1, 0.15) is 22.2 Å². The molecule has 2 nitrogen and oxygen atoms in total. The summed E-state index contributed by atoms with van der Waals surface area (Å²) in [6.07, 6.45) is 0.979. The Hall–Kier alpha value is -1.87. The molecule has 1 aromatic rings. The third kappa shape index (κ3) is 1.73. The zero-order valence-electron chi connectivity index (χ0n) is 10.9. The Morgan fingerprint density at radius 2 is 1.95 bits per heavy atom. The van der Waals surface area contributed by atoms with E-state index in [1.165, 1.54) is 17.4 Å². The lowest BCUT2D eigenvalue weighted by Crippen LogP contribution is -2.00. The van der Waals surface area contributed by atoms with E-state index in [4.69, 9.17) is 4.74 Å². The number of fused-ring (bicyclic) bond motifs is 3. The molecule has 0 aromatic carbocycles. The zero-order valence-corrected chi connectivity index (χ0v) is 11.7. The SMILES string of the molecule is CCc1scc2c(C(=O)OC)c3cccccc-3c12. The minimum absolute atomic E-state index is 0.258. The van der Waals surface area contributed by atoms with E-state index in [1.54, 1.807) is 11.3 Å². The van der Waals surface area contributed by atoms with Crippen molar-refractivity contribution < 1.29 is 9.53 Å². The summed E-state index contributed by atoms with van der Waals surface area (Å²) in [6, 6.07) is 10.0. The molecule has 96 valence electrons. The third-order valence-corrected chi connectivity index (χ3v) is 4.55. The maximum atomic E-state index is 12.1. The normalized spacial score (nSPS) is 11.1. The lowest BCUT2D eigenvalue weighted by molar-refractivity contribution is 0.0604. The first-order chi connectivity index (χ1) is 9.27. The van der Waals surface area contributed by atoms with Crippen molar-refractivity contribution in [2.45, 2.75) is 13.3 Å². The molecule has 1 aromatic heterocycles. The molecule has 1 heterocycles. The van der Waals surface area contributed by atoms with Crippen LogP contribution in [0, 0.1) is 0 Å². The largest absolute Gasteiger partial charge is 0.465 e. The van der Waals surface area contributed by atoms with Gasteiger partial charge in [-0.05, 0) is 22.9 Å². The number of hydrogen-bond acceptors (Lipinski definition) is 3. The minimum Gasteiger partial charge on any atom is -0.465 e. The summed E-state index contributed by atoms with van der Waals surface area (Å²) in [5, 5.41) is 4.30. The number of esters is 1. The van der Waals surface area contributed by atoms with Crippen LogP contribution in [0.4, 0.5) is 0 Å². The van der Waals surface area contributed by atoms with Crippen LogP contribution < -0.4 is 0 Å². The number of carbonyl (C=O) groups excluding carboxylic acids is 1. The molecule has 0 saturated carbocycles. The number of rotatable bonds is 2. The van der Waals surface area contributed by atoms with Gasteiger partial charge in [0.1, 0.15) is 0 Å². The molecule has 0 fully saturated rings. The highest BCUT2D eigenvalue weighted by Gasteiger charge is 2.24. The van der Waals surface area contributed by atoms with Crippen LogP contribution in [0.3, 0.4) is 0 Å². The predicted octanol–water partition coefficient (Wildman–Crippen LogP) is 4.36. The Balaban J connectivity index is 2.47. The molecule has 3 heteroatoms. The van der Waals surface area contributed by atoms with E-state index in [-0.39, 0.29) is 5.97 Å². The van der Waals surface area contributed by atoms with Gasteiger partial charge in [0.15, 0.2) is 0 Å². The van der Waals surface area contributed by atoms with Gasteiger partial charge in [-0.15, -0.1) is 11.3 Å². The highest BCUT2D eigenvalue weighted by Crippen LogP contribution is 2.43. The zero-order chi connectivity index (χ0) is 13.4. The van der Waals surface area contributed by atoms with Crippen molar-refractivity contribution >= 4 is 28.1 Å². The molecule has 3 rings (SSSR count). The molecule has 0 unspecified atom stereocenters. The van der Waals surface area contributed by atoms with Crippen LogP contribution in [-0.4, -0.2) is 13.1 Å². The van der Waals surface area contributed by atoms with E-state index in [2.05, 4.69) is 18.4 Å². The summed E-state index contributed by atoms with van der Waals surface area (Å²) < 4.78 is 4.95. The summed E-state index contributed by atoms with van der Waals surface area (Å²) in [4.78, 5) is 13.4. The number of thiophene rings is 1. The smallest absolute Gasteiger partial charge is 0.339 e. The average Bonchev–Trinajstić information content (AvgIpc) is 2.87. The highest BCUT2D eigenvalue weighted by molar-refractivity contribution is 7.11. The molecule has 0 amide bonds. The summed E-state index contributed by atoms with van der Waals surface area (Å²) in [5.41, 5.74) is 2.81. The Labute approximate surface area is 116 Å². The van der Waals surface area contributed by atoms with E-state index in [1.807, 2.05) is 24.3 Å². The van der Waals surface area contributed by atoms with Gasteiger partial charge < -0.3 is 4.74 Å². The van der Waals surface area contributed by atoms with Crippen molar-refractivity contribution in [3.05, 3.63) is 46.2 Å². The summed E-state index contributed by atoms with van der Waals surface area (Å²) in [6.45, 7) is 2.14. The molecule has 2 aliphatic carbocycles. The summed E-state index contributed by atoms with van der Waals surface area (Å²) in [5.74, 6) is -0.258. The Morgan fingerprint density at radius 3 is 2.63 bits per heavy atom. The van der Waals surface area contributed by atoms with Gasteiger partial charge in [-0.3, -0.25) is 0 Å². The van der Waals surface area contributed by atoms with Gasteiger partial charge in [-0.1, -0.05) is 37.3 Å². The van der Waals surface area contributed by atoms with Crippen molar-refractivity contribution in [2.75, 3.05) is 7.11 Å². The topological polar surface area (TPSA) is 26.3 Å². The summed E-state index contributed by atoms with van der Waals surface area (Å²) >= 11 is 1.72.